The molecule has 1 unspecified atom stereocenters. The molecule has 0 heterocycles. The Balaban J connectivity index is 3.48. The molecule has 0 aliphatic heterocycles. The van der Waals surface area contributed by atoms with Gasteiger partial charge in [-0.05, 0) is 12.3 Å². The van der Waals surface area contributed by atoms with Gasteiger partial charge in [0.2, 0.25) is 0 Å². The second-order valence-electron chi connectivity index (χ2n) is 4.60. The molecule has 0 rings (SSSR count). The van der Waals surface area contributed by atoms with Gasteiger partial charge in [0.25, 0.3) is 0 Å². The molecule has 0 spiro atoms. The number of aldehydes is 1. The van der Waals surface area contributed by atoms with E-state index in [4.69, 9.17) is 0 Å². The Labute approximate surface area is 95.6 Å². The van der Waals surface area contributed by atoms with Crippen LogP contribution in [0.5, 0.6) is 0 Å². The van der Waals surface area contributed by atoms with Crippen LogP contribution >= 0.6 is 0 Å². The van der Waals surface area contributed by atoms with Gasteiger partial charge in [0.05, 0.1) is 0 Å². The van der Waals surface area contributed by atoms with Crippen molar-refractivity contribution in [1.29, 1.82) is 0 Å². The van der Waals surface area contributed by atoms with E-state index in [0.717, 1.165) is 25.0 Å². The lowest BCUT2D eigenvalue weighted by Crippen LogP contribution is -2.00. The average molecular weight is 212 g/mol. The van der Waals surface area contributed by atoms with Crippen LogP contribution < -0.4 is 0 Å². The third kappa shape index (κ3) is 9.96. The highest BCUT2D eigenvalue weighted by Gasteiger charge is 2.06. The summed E-state index contributed by atoms with van der Waals surface area (Å²) in [5, 5.41) is 0. The molecule has 0 N–H and O–H groups in total. The minimum absolute atomic E-state index is 0.758. The highest BCUT2D eigenvalue weighted by atomic mass is 16.1. The van der Waals surface area contributed by atoms with Crippen LogP contribution in [0.1, 0.15) is 78.1 Å². The number of unbranched alkanes of at least 4 members (excludes halogenated alkanes) is 4. The number of hydrogen-bond donors (Lipinski definition) is 0. The largest absolute Gasteiger partial charge is 0.303 e. The smallest absolute Gasteiger partial charge is 0.119 e. The SMILES string of the molecule is CCCCCC(CCC)CCCCC=O. The lowest BCUT2D eigenvalue weighted by atomic mass is 9.91. The molecule has 0 amide bonds. The molecule has 15 heavy (non-hydrogen) atoms. The van der Waals surface area contributed by atoms with Crippen molar-refractivity contribution < 1.29 is 4.79 Å². The van der Waals surface area contributed by atoms with Crippen LogP contribution in [0.4, 0.5) is 0 Å². The van der Waals surface area contributed by atoms with Crippen LogP contribution in [0.3, 0.4) is 0 Å². The molecule has 0 aromatic rings. The summed E-state index contributed by atoms with van der Waals surface area (Å²) in [6.45, 7) is 4.54. The summed E-state index contributed by atoms with van der Waals surface area (Å²) in [5.41, 5.74) is 0. The Kier molecular flexibility index (Phi) is 11.5. The first-order valence-corrected chi connectivity index (χ1v) is 6.78. The van der Waals surface area contributed by atoms with E-state index in [2.05, 4.69) is 13.8 Å². The molecule has 0 bridgehead atoms. The molecule has 1 nitrogen and oxygen atoms in total. The van der Waals surface area contributed by atoms with E-state index in [-0.39, 0.29) is 0 Å². The van der Waals surface area contributed by atoms with Crippen molar-refractivity contribution in [1.82, 2.24) is 0 Å². The normalized spacial score (nSPS) is 12.7. The Hall–Kier alpha value is -0.330. The monoisotopic (exact) mass is 212 g/mol. The molecule has 0 aromatic heterocycles. The number of rotatable bonds is 11. The zero-order valence-corrected chi connectivity index (χ0v) is 10.6. The van der Waals surface area contributed by atoms with Gasteiger partial charge in [0.15, 0.2) is 0 Å². The van der Waals surface area contributed by atoms with Crippen LogP contribution in [-0.2, 0) is 4.79 Å². The zero-order chi connectivity index (χ0) is 11.4. The Morgan fingerprint density at radius 1 is 0.867 bits per heavy atom. The van der Waals surface area contributed by atoms with Gasteiger partial charge in [-0.1, -0.05) is 65.2 Å². The maximum absolute atomic E-state index is 10.2. The van der Waals surface area contributed by atoms with Crippen LogP contribution in [0, 0.1) is 5.92 Å². The maximum atomic E-state index is 10.2. The van der Waals surface area contributed by atoms with Crippen LogP contribution in [0.15, 0.2) is 0 Å². The molecular weight excluding hydrogens is 184 g/mol. The van der Waals surface area contributed by atoms with Crippen molar-refractivity contribution in [3.63, 3.8) is 0 Å². The van der Waals surface area contributed by atoms with E-state index in [0.29, 0.717) is 0 Å². The highest BCUT2D eigenvalue weighted by molar-refractivity contribution is 5.48. The summed E-state index contributed by atoms with van der Waals surface area (Å²) in [6, 6.07) is 0. The van der Waals surface area contributed by atoms with E-state index in [1.165, 1.54) is 51.4 Å². The van der Waals surface area contributed by atoms with Gasteiger partial charge in [-0.15, -0.1) is 0 Å². The lowest BCUT2D eigenvalue weighted by molar-refractivity contribution is -0.107. The van der Waals surface area contributed by atoms with Crippen molar-refractivity contribution >= 4 is 6.29 Å². The van der Waals surface area contributed by atoms with Crippen LogP contribution in [0.2, 0.25) is 0 Å². The Morgan fingerprint density at radius 3 is 2.07 bits per heavy atom. The van der Waals surface area contributed by atoms with Crippen molar-refractivity contribution in [2.75, 3.05) is 0 Å². The summed E-state index contributed by atoms with van der Waals surface area (Å²) >= 11 is 0. The van der Waals surface area contributed by atoms with Gasteiger partial charge in [-0.3, -0.25) is 0 Å². The first kappa shape index (κ1) is 14.7. The molecule has 0 saturated carbocycles. The third-order valence-corrected chi connectivity index (χ3v) is 3.10. The second kappa shape index (κ2) is 11.7. The standard InChI is InChI=1S/C14H28O/c1-3-5-7-11-14(10-4-2)12-8-6-9-13-15/h13-14H,3-12H2,1-2H3. The predicted molar refractivity (Wildman–Crippen MR) is 67.1 cm³/mol. The first-order chi connectivity index (χ1) is 7.35. The number of carbonyl (C=O) groups is 1. The maximum Gasteiger partial charge on any atom is 0.119 e. The fourth-order valence-corrected chi connectivity index (χ4v) is 2.18. The molecule has 1 heteroatoms. The summed E-state index contributed by atoms with van der Waals surface area (Å²) in [7, 11) is 0. The van der Waals surface area contributed by atoms with Gasteiger partial charge in [0, 0.05) is 6.42 Å². The van der Waals surface area contributed by atoms with E-state index in [9.17, 15) is 4.79 Å². The van der Waals surface area contributed by atoms with Crippen LogP contribution in [-0.4, -0.2) is 6.29 Å². The summed E-state index contributed by atoms with van der Waals surface area (Å²) in [5.74, 6) is 0.924. The molecule has 1 atom stereocenters. The van der Waals surface area contributed by atoms with E-state index in [1.54, 1.807) is 0 Å². The van der Waals surface area contributed by atoms with Crippen molar-refractivity contribution in [2.45, 2.75) is 78.1 Å². The van der Waals surface area contributed by atoms with Crippen LogP contribution in [0.25, 0.3) is 0 Å². The predicted octanol–water partition coefficient (Wildman–Crippen LogP) is 4.74. The third-order valence-electron chi connectivity index (χ3n) is 3.10. The summed E-state index contributed by atoms with van der Waals surface area (Å²) in [4.78, 5) is 10.2. The number of hydrogen-bond acceptors (Lipinski definition) is 1. The molecular formula is C14H28O. The lowest BCUT2D eigenvalue weighted by Gasteiger charge is -2.15. The molecule has 0 aliphatic carbocycles. The van der Waals surface area contributed by atoms with Gasteiger partial charge >= 0.3 is 0 Å². The fourth-order valence-electron chi connectivity index (χ4n) is 2.18. The summed E-state index contributed by atoms with van der Waals surface area (Å²) in [6.07, 6.45) is 13.7. The van der Waals surface area contributed by atoms with Gasteiger partial charge in [-0.2, -0.15) is 0 Å². The Morgan fingerprint density at radius 2 is 1.53 bits per heavy atom. The van der Waals surface area contributed by atoms with E-state index < -0.39 is 0 Å². The molecule has 90 valence electrons. The second-order valence-corrected chi connectivity index (χ2v) is 4.60. The topological polar surface area (TPSA) is 17.1 Å². The first-order valence-electron chi connectivity index (χ1n) is 6.78. The quantitative estimate of drug-likeness (QED) is 0.357. The highest BCUT2D eigenvalue weighted by Crippen LogP contribution is 2.21. The average Bonchev–Trinajstić information content (AvgIpc) is 2.24. The molecule has 0 radical (unpaired) electrons. The van der Waals surface area contributed by atoms with Crippen molar-refractivity contribution in [3.05, 3.63) is 0 Å². The van der Waals surface area contributed by atoms with E-state index in [1.807, 2.05) is 0 Å². The van der Waals surface area contributed by atoms with E-state index >= 15 is 0 Å². The minimum atomic E-state index is 0.758. The molecule has 0 fully saturated rings. The fraction of sp³-hybridized carbons (Fsp3) is 0.929. The molecule has 0 aromatic carbocycles. The van der Waals surface area contributed by atoms with Gasteiger partial charge in [-0.25, -0.2) is 0 Å². The van der Waals surface area contributed by atoms with Gasteiger partial charge < -0.3 is 4.79 Å². The molecule has 0 saturated heterocycles. The minimum Gasteiger partial charge on any atom is -0.303 e. The number of carbonyl (C=O) groups excluding carboxylic acids is 1. The van der Waals surface area contributed by atoms with Crippen molar-refractivity contribution in [2.24, 2.45) is 5.92 Å². The van der Waals surface area contributed by atoms with Crippen molar-refractivity contribution in [3.8, 4) is 0 Å². The zero-order valence-electron chi connectivity index (χ0n) is 10.6. The van der Waals surface area contributed by atoms with Gasteiger partial charge in [0.1, 0.15) is 6.29 Å². The summed E-state index contributed by atoms with van der Waals surface area (Å²) < 4.78 is 0. The Bertz CT molecular complexity index is 131. The molecule has 0 aliphatic rings.